The van der Waals surface area contributed by atoms with Crippen LogP contribution in [0.1, 0.15) is 34.9 Å². The van der Waals surface area contributed by atoms with Gasteiger partial charge in [-0.2, -0.15) is 11.3 Å². The molecule has 5 aromatic rings. The summed E-state index contributed by atoms with van der Waals surface area (Å²) in [6.07, 6.45) is 1.55. The standard InChI is InChI=1S/C22H20N7OS4.Cu/c1-22(2,15-10-31-19(25-15)27-18-23-9-14(34-18)17(30)29(3)4)16-11-32-20(26-16)28-21-24-12-7-5-6-8-13(12)33-21;/h5-11H,1-4H3,(H-,23,24,25,26,27,28,30);/q-1;+2/p-1. The molecule has 0 aliphatic rings. The van der Waals surface area contributed by atoms with E-state index in [9.17, 15) is 4.79 Å². The maximum absolute atomic E-state index is 12.1. The minimum atomic E-state index is -0.420. The topological polar surface area (TPSA) is 99.0 Å². The zero-order chi connectivity index (χ0) is 23.9. The average molecular weight is 589 g/mol. The predicted molar refractivity (Wildman–Crippen MR) is 138 cm³/mol. The second-order valence-corrected chi connectivity index (χ2v) is 11.7. The van der Waals surface area contributed by atoms with Crippen LogP contribution in [0.3, 0.4) is 0 Å². The maximum atomic E-state index is 12.1. The molecule has 1 aromatic carbocycles. The molecule has 4 aromatic heterocycles. The number of hydrogen-bond donors (Lipinski definition) is 0. The van der Waals surface area contributed by atoms with Gasteiger partial charge in [-0.15, -0.1) is 34.0 Å². The van der Waals surface area contributed by atoms with Crippen LogP contribution in [-0.2, 0) is 22.5 Å². The Morgan fingerprint density at radius 2 is 1.77 bits per heavy atom. The van der Waals surface area contributed by atoms with Gasteiger partial charge in [0.15, 0.2) is 0 Å². The molecule has 0 bridgehead atoms. The predicted octanol–water partition coefficient (Wildman–Crippen LogP) is 4.28. The van der Waals surface area contributed by atoms with Crippen molar-refractivity contribution < 1.29 is 21.9 Å². The van der Waals surface area contributed by atoms with E-state index in [4.69, 9.17) is 9.97 Å². The molecule has 0 aliphatic carbocycles. The summed E-state index contributed by atoms with van der Waals surface area (Å²) in [5.41, 5.74) is 2.29. The van der Waals surface area contributed by atoms with E-state index in [1.807, 2.05) is 35.0 Å². The van der Waals surface area contributed by atoms with Gasteiger partial charge >= 0.3 is 17.1 Å². The van der Waals surface area contributed by atoms with Crippen molar-refractivity contribution in [3.8, 4) is 0 Å². The van der Waals surface area contributed by atoms with Crippen LogP contribution >= 0.6 is 45.3 Å². The van der Waals surface area contributed by atoms with Crippen LogP contribution in [-0.4, -0.2) is 34.9 Å². The number of nitrogens with zero attached hydrogens (tertiary/aromatic N) is 7. The molecule has 35 heavy (non-hydrogen) atoms. The van der Waals surface area contributed by atoms with Gasteiger partial charge in [0.2, 0.25) is 0 Å². The van der Waals surface area contributed by atoms with Crippen LogP contribution in [0.15, 0.2) is 51.2 Å². The van der Waals surface area contributed by atoms with Crippen molar-refractivity contribution in [3.05, 3.63) is 67.1 Å². The summed E-state index contributed by atoms with van der Waals surface area (Å²) in [5.74, 6) is -0.0875. The van der Waals surface area contributed by atoms with Crippen molar-refractivity contribution in [1.29, 1.82) is 0 Å². The summed E-state index contributed by atoms with van der Waals surface area (Å²) in [5, 5.41) is 5.30. The summed E-state index contributed by atoms with van der Waals surface area (Å²) in [6, 6.07) is 8.00. The number of para-hydroxylation sites is 1. The van der Waals surface area contributed by atoms with E-state index in [1.54, 1.807) is 31.6 Å². The number of benzene rings is 1. The summed E-state index contributed by atoms with van der Waals surface area (Å²) < 4.78 is 1.11. The smallest absolute Gasteiger partial charge is 0.432 e. The van der Waals surface area contributed by atoms with Crippen molar-refractivity contribution in [2.45, 2.75) is 19.3 Å². The van der Waals surface area contributed by atoms with E-state index in [1.165, 1.54) is 38.9 Å². The third-order valence-corrected chi connectivity index (χ3v) is 8.32. The van der Waals surface area contributed by atoms with Gasteiger partial charge in [0, 0.05) is 34.5 Å². The molecule has 0 saturated heterocycles. The first-order valence-corrected chi connectivity index (χ1v) is 13.6. The monoisotopic (exact) mass is 588 g/mol. The summed E-state index contributed by atoms with van der Waals surface area (Å²) in [6.45, 7) is 4.17. The quantitative estimate of drug-likeness (QED) is 0.285. The molecule has 0 unspecified atom stereocenters. The molecular weight excluding hydrogens is 570 g/mol. The van der Waals surface area contributed by atoms with Crippen molar-refractivity contribution >= 4 is 71.7 Å². The molecular formula is C22H19CuN7OS4. The fourth-order valence-corrected chi connectivity index (χ4v) is 6.52. The van der Waals surface area contributed by atoms with Crippen LogP contribution in [0.2, 0.25) is 0 Å². The Hall–Kier alpha value is -2.41. The van der Waals surface area contributed by atoms with Gasteiger partial charge in [0.1, 0.15) is 10.3 Å². The number of thiazole rings is 4. The molecule has 1 amide bonds. The number of aromatic nitrogens is 4. The minimum absolute atomic E-state index is 0. The Morgan fingerprint density at radius 1 is 1.00 bits per heavy atom. The molecule has 0 fully saturated rings. The van der Waals surface area contributed by atoms with Crippen LogP contribution in [0, 0.1) is 0 Å². The molecule has 0 aliphatic heterocycles. The van der Waals surface area contributed by atoms with Crippen molar-refractivity contribution in [3.63, 3.8) is 0 Å². The number of fused-ring (bicyclic) bond motifs is 1. The van der Waals surface area contributed by atoms with Crippen molar-refractivity contribution in [1.82, 2.24) is 24.8 Å². The number of hydrogen-bond acceptors (Lipinski definition) is 9. The minimum Gasteiger partial charge on any atom is -0.432 e. The third kappa shape index (κ3) is 5.40. The zero-order valence-electron chi connectivity index (χ0n) is 19.0. The average Bonchev–Trinajstić information content (AvgIpc) is 3.60. The fourth-order valence-electron chi connectivity index (χ4n) is 3.04. The van der Waals surface area contributed by atoms with E-state index in [2.05, 4.69) is 33.8 Å². The summed E-state index contributed by atoms with van der Waals surface area (Å²) >= 11 is 5.73. The molecule has 0 N–H and O–H groups in total. The molecule has 8 nitrogen and oxygen atoms in total. The Labute approximate surface area is 227 Å². The summed E-state index contributed by atoms with van der Waals surface area (Å²) in [4.78, 5) is 42.8. The number of carbonyl (C=O) groups excluding carboxylic acids is 1. The largest absolute Gasteiger partial charge is 2.00 e. The number of rotatable bonds is 5. The Bertz CT molecular complexity index is 1580. The molecule has 183 valence electrons. The van der Waals surface area contributed by atoms with Gasteiger partial charge in [-0.1, -0.05) is 32.2 Å². The third-order valence-electron chi connectivity index (χ3n) is 5.04. The normalized spacial score (nSPS) is 12.8. The van der Waals surface area contributed by atoms with Crippen LogP contribution in [0.4, 0.5) is 10.3 Å². The molecule has 4 heterocycles. The fraction of sp³-hybridized carbons (Fsp3) is 0.227. The van der Waals surface area contributed by atoms with Gasteiger partial charge in [-0.05, 0) is 23.2 Å². The Kier molecular flexibility index (Phi) is 7.55. The molecule has 5 rings (SSSR count). The second kappa shape index (κ2) is 10.3. The molecule has 0 saturated carbocycles. The number of amides is 1. The van der Waals surface area contributed by atoms with E-state index in [0.717, 1.165) is 21.6 Å². The molecule has 1 radical (unpaired) electrons. The van der Waals surface area contributed by atoms with Gasteiger partial charge in [0.05, 0.1) is 20.8 Å². The SMILES string of the molecule is CN(C)C(=O)c1c[n-]/c(=N\c2nc(C(C)(C)c3cs/c(=N/c4nc5ccccc5s4)[n-]3)cs2)s1.[Cu+2]. The number of carbonyl (C=O) groups is 1. The Morgan fingerprint density at radius 3 is 2.54 bits per heavy atom. The molecule has 0 atom stereocenters. The second-order valence-electron chi connectivity index (χ2n) is 8.05. The van der Waals surface area contributed by atoms with Gasteiger partial charge < -0.3 is 24.9 Å². The van der Waals surface area contributed by atoms with E-state index in [0.29, 0.717) is 24.7 Å². The first-order chi connectivity index (χ1) is 16.3. The van der Waals surface area contributed by atoms with E-state index in [-0.39, 0.29) is 23.0 Å². The Balaban J connectivity index is 0.00000289. The molecule has 0 spiro atoms. The van der Waals surface area contributed by atoms with Gasteiger partial charge in [-0.25, -0.2) is 9.97 Å². The first-order valence-electron chi connectivity index (χ1n) is 10.2. The van der Waals surface area contributed by atoms with Gasteiger partial charge in [-0.3, -0.25) is 4.79 Å². The first kappa shape index (κ1) is 25.7. The van der Waals surface area contributed by atoms with E-state index >= 15 is 0 Å². The molecule has 13 heteroatoms. The van der Waals surface area contributed by atoms with Crippen LogP contribution in [0.5, 0.6) is 0 Å². The maximum Gasteiger partial charge on any atom is 2.00 e. The van der Waals surface area contributed by atoms with Crippen molar-refractivity contribution in [2.24, 2.45) is 9.98 Å². The van der Waals surface area contributed by atoms with Crippen molar-refractivity contribution in [2.75, 3.05) is 14.1 Å². The van der Waals surface area contributed by atoms with Gasteiger partial charge in [0.25, 0.3) is 5.91 Å². The summed E-state index contributed by atoms with van der Waals surface area (Å²) in [7, 11) is 3.43. The van der Waals surface area contributed by atoms with Crippen LogP contribution < -0.4 is 19.6 Å². The van der Waals surface area contributed by atoms with E-state index < -0.39 is 5.41 Å². The zero-order valence-corrected chi connectivity index (χ0v) is 23.2. The van der Waals surface area contributed by atoms with Crippen LogP contribution in [0.25, 0.3) is 10.2 Å².